The molecule has 3 rings (SSSR count). The molecule has 1 heterocycles. The average Bonchev–Trinajstić information content (AvgIpc) is 2.84. The van der Waals surface area contributed by atoms with Crippen molar-refractivity contribution in [2.75, 3.05) is 5.88 Å². The van der Waals surface area contributed by atoms with E-state index in [9.17, 15) is 9.59 Å². The maximum absolute atomic E-state index is 13.2. The number of nitrogens with one attached hydrogen (secondary N) is 2. The van der Waals surface area contributed by atoms with E-state index in [4.69, 9.17) is 27.9 Å². The van der Waals surface area contributed by atoms with Crippen molar-refractivity contribution in [3.05, 3.63) is 28.8 Å². The third kappa shape index (κ3) is 5.18. The fraction of sp³-hybridized carbons (Fsp3) is 0.636. The lowest BCUT2D eigenvalue weighted by molar-refractivity contribution is -0.140. The van der Waals surface area contributed by atoms with E-state index in [2.05, 4.69) is 10.6 Å². The molecule has 2 N–H and O–H groups in total. The van der Waals surface area contributed by atoms with Gasteiger partial charge in [0.1, 0.15) is 11.8 Å². The molecule has 1 aromatic rings. The zero-order valence-electron chi connectivity index (χ0n) is 16.9. The normalized spacial score (nSPS) is 24.8. The number of benzene rings is 1. The molecule has 2 atom stereocenters. The fourth-order valence-corrected chi connectivity index (χ4v) is 4.62. The van der Waals surface area contributed by atoms with Crippen LogP contribution in [-0.2, 0) is 9.59 Å². The number of rotatable bonds is 7. The van der Waals surface area contributed by atoms with Crippen LogP contribution in [0, 0.1) is 0 Å². The predicted octanol–water partition coefficient (Wildman–Crippen LogP) is 4.90. The van der Waals surface area contributed by atoms with Gasteiger partial charge in [-0.05, 0) is 56.7 Å². The van der Waals surface area contributed by atoms with Gasteiger partial charge in [-0.15, -0.1) is 11.6 Å². The minimum absolute atomic E-state index is 0.152. The molecular weight excluding hydrogens is 411 g/mol. The summed E-state index contributed by atoms with van der Waals surface area (Å²) in [6.07, 6.45) is 8.01. The number of ether oxygens (including phenoxy) is 1. The van der Waals surface area contributed by atoms with Crippen molar-refractivity contribution in [2.24, 2.45) is 0 Å². The SMILES string of the molecule is CCC1(CCCCCl)Oc2ccc(Cl)cc2C(C(=O)NC2CCCCC2)NC1=O. The molecule has 5 nitrogen and oxygen atoms in total. The quantitative estimate of drug-likeness (QED) is 0.467. The van der Waals surface area contributed by atoms with Gasteiger partial charge in [-0.2, -0.15) is 0 Å². The molecule has 0 saturated heterocycles. The third-order valence-corrected chi connectivity index (χ3v) is 6.53. The summed E-state index contributed by atoms with van der Waals surface area (Å²) >= 11 is 12.0. The highest BCUT2D eigenvalue weighted by Gasteiger charge is 2.44. The fourth-order valence-electron chi connectivity index (χ4n) is 4.25. The highest BCUT2D eigenvalue weighted by Crippen LogP contribution is 2.38. The largest absolute Gasteiger partial charge is 0.477 e. The van der Waals surface area contributed by atoms with E-state index in [0.717, 1.165) is 38.5 Å². The second kappa shape index (κ2) is 10.0. The van der Waals surface area contributed by atoms with Crippen molar-refractivity contribution in [2.45, 2.75) is 82.4 Å². The molecule has 1 fully saturated rings. The smallest absolute Gasteiger partial charge is 0.265 e. The standard InChI is InChI=1S/C22H30Cl2N2O3/c1-2-22(12-6-7-13-23)21(28)26-19(17-14-15(24)10-11-18(17)29-22)20(27)25-16-8-4-3-5-9-16/h10-11,14,16,19H,2-9,12-13H2,1H3,(H,25,27)(H,26,28). The molecule has 0 aromatic heterocycles. The molecule has 1 aliphatic heterocycles. The van der Waals surface area contributed by atoms with Gasteiger partial charge in [0.25, 0.3) is 5.91 Å². The van der Waals surface area contributed by atoms with Crippen molar-refractivity contribution >= 4 is 35.0 Å². The molecule has 0 bridgehead atoms. The van der Waals surface area contributed by atoms with Crippen LogP contribution >= 0.6 is 23.2 Å². The van der Waals surface area contributed by atoms with Crippen molar-refractivity contribution in [1.29, 1.82) is 0 Å². The van der Waals surface area contributed by atoms with Gasteiger partial charge < -0.3 is 15.4 Å². The molecule has 1 saturated carbocycles. The molecule has 0 spiro atoms. The molecule has 7 heteroatoms. The second-order valence-corrected chi connectivity index (χ2v) is 8.84. The number of carbonyl (C=O) groups is 2. The summed E-state index contributed by atoms with van der Waals surface area (Å²) in [5.74, 6) is 0.611. The van der Waals surface area contributed by atoms with Gasteiger partial charge in [-0.1, -0.05) is 37.8 Å². The lowest BCUT2D eigenvalue weighted by Gasteiger charge is -2.31. The van der Waals surface area contributed by atoms with E-state index in [1.165, 1.54) is 6.42 Å². The summed E-state index contributed by atoms with van der Waals surface area (Å²) in [4.78, 5) is 26.4. The Morgan fingerprint density at radius 1 is 1.28 bits per heavy atom. The van der Waals surface area contributed by atoms with E-state index in [-0.39, 0.29) is 17.9 Å². The van der Waals surface area contributed by atoms with Crippen LogP contribution in [0.2, 0.25) is 5.02 Å². The van der Waals surface area contributed by atoms with Crippen LogP contribution < -0.4 is 15.4 Å². The molecule has 160 valence electrons. The van der Waals surface area contributed by atoms with Crippen LogP contribution in [0.4, 0.5) is 0 Å². The molecule has 2 amide bonds. The molecule has 29 heavy (non-hydrogen) atoms. The number of unbranched alkanes of at least 4 members (excludes halogenated alkanes) is 1. The van der Waals surface area contributed by atoms with E-state index in [1.807, 2.05) is 6.92 Å². The summed E-state index contributed by atoms with van der Waals surface area (Å²) in [6, 6.07) is 4.53. The number of hydrogen-bond acceptors (Lipinski definition) is 3. The molecule has 0 radical (unpaired) electrons. The second-order valence-electron chi connectivity index (χ2n) is 8.03. The first-order valence-electron chi connectivity index (χ1n) is 10.6. The molecule has 1 aliphatic carbocycles. The van der Waals surface area contributed by atoms with Crippen molar-refractivity contribution in [1.82, 2.24) is 10.6 Å². The van der Waals surface area contributed by atoms with Crippen LogP contribution in [0.25, 0.3) is 0 Å². The van der Waals surface area contributed by atoms with E-state index in [1.54, 1.807) is 18.2 Å². The van der Waals surface area contributed by atoms with Gasteiger partial charge >= 0.3 is 0 Å². The maximum atomic E-state index is 13.2. The highest BCUT2D eigenvalue weighted by atomic mass is 35.5. The van der Waals surface area contributed by atoms with Gasteiger partial charge in [0.05, 0.1) is 0 Å². The first kappa shape index (κ1) is 22.2. The number of amides is 2. The number of fused-ring (bicyclic) bond motifs is 1. The summed E-state index contributed by atoms with van der Waals surface area (Å²) in [7, 11) is 0. The maximum Gasteiger partial charge on any atom is 0.265 e. The Labute approximate surface area is 182 Å². The van der Waals surface area contributed by atoms with E-state index in [0.29, 0.717) is 35.1 Å². The van der Waals surface area contributed by atoms with Gasteiger partial charge in [0.2, 0.25) is 5.91 Å². The van der Waals surface area contributed by atoms with Crippen molar-refractivity contribution < 1.29 is 14.3 Å². The minimum Gasteiger partial charge on any atom is -0.477 e. The lowest BCUT2D eigenvalue weighted by Crippen LogP contribution is -2.52. The van der Waals surface area contributed by atoms with Gasteiger partial charge in [0.15, 0.2) is 5.60 Å². The Morgan fingerprint density at radius 2 is 2.03 bits per heavy atom. The van der Waals surface area contributed by atoms with Crippen LogP contribution in [-0.4, -0.2) is 29.3 Å². The zero-order valence-corrected chi connectivity index (χ0v) is 18.5. The lowest BCUT2D eigenvalue weighted by atomic mass is 9.92. The summed E-state index contributed by atoms with van der Waals surface area (Å²) in [5, 5.41) is 6.58. The Morgan fingerprint density at radius 3 is 2.72 bits per heavy atom. The topological polar surface area (TPSA) is 67.4 Å². The highest BCUT2D eigenvalue weighted by molar-refractivity contribution is 6.30. The van der Waals surface area contributed by atoms with Crippen LogP contribution in [0.5, 0.6) is 5.75 Å². The van der Waals surface area contributed by atoms with E-state index < -0.39 is 11.6 Å². The zero-order chi connectivity index (χ0) is 20.9. The Kier molecular flexibility index (Phi) is 7.69. The molecule has 2 unspecified atom stereocenters. The predicted molar refractivity (Wildman–Crippen MR) is 116 cm³/mol. The van der Waals surface area contributed by atoms with Gasteiger partial charge in [-0.3, -0.25) is 9.59 Å². The van der Waals surface area contributed by atoms with Crippen LogP contribution in [0.1, 0.15) is 76.3 Å². The van der Waals surface area contributed by atoms with Crippen molar-refractivity contribution in [3.8, 4) is 5.75 Å². The monoisotopic (exact) mass is 440 g/mol. The summed E-state index contributed by atoms with van der Waals surface area (Å²) in [6.45, 7) is 1.93. The molecular formula is C22H30Cl2N2O3. The summed E-state index contributed by atoms with van der Waals surface area (Å²) < 4.78 is 6.28. The van der Waals surface area contributed by atoms with Crippen molar-refractivity contribution in [3.63, 3.8) is 0 Å². The van der Waals surface area contributed by atoms with E-state index >= 15 is 0 Å². The number of carbonyl (C=O) groups excluding carboxylic acids is 2. The van der Waals surface area contributed by atoms with Gasteiger partial charge in [-0.25, -0.2) is 0 Å². The Balaban J connectivity index is 1.89. The Hall–Kier alpha value is -1.46. The first-order chi connectivity index (χ1) is 14.0. The van der Waals surface area contributed by atoms with Gasteiger partial charge in [0, 0.05) is 22.5 Å². The number of alkyl halides is 1. The number of hydrogen-bond donors (Lipinski definition) is 2. The summed E-state index contributed by atoms with van der Waals surface area (Å²) in [5.41, 5.74) is -0.416. The molecule has 1 aromatic carbocycles. The van der Waals surface area contributed by atoms with Crippen LogP contribution in [0.3, 0.4) is 0 Å². The third-order valence-electron chi connectivity index (χ3n) is 6.03. The number of halogens is 2. The molecule has 2 aliphatic rings. The Bertz CT molecular complexity index is 737. The van der Waals surface area contributed by atoms with Crippen LogP contribution in [0.15, 0.2) is 18.2 Å². The average molecular weight is 441 g/mol. The first-order valence-corrected chi connectivity index (χ1v) is 11.6. The minimum atomic E-state index is -1.02.